The standard InChI is InChI=1S/C6H10N4O2.2ClH/c7-4(5(11)12)1-3-2-9-6(8)10-3;;/h2,4H,1,7H2,(H,11,12)(H3,8,9,10);2*1H/t4-;;/m0../s1. The van der Waals surface area contributed by atoms with Crippen LogP contribution in [0.4, 0.5) is 5.95 Å². The minimum atomic E-state index is -1.04. The summed E-state index contributed by atoms with van der Waals surface area (Å²) in [5.41, 5.74) is 11.2. The SMILES string of the molecule is Cl.Cl.Nc1ncc(C[C@H](N)C(=O)O)[nH]1. The molecule has 0 radical (unpaired) electrons. The number of hydrogen-bond acceptors (Lipinski definition) is 4. The highest BCUT2D eigenvalue weighted by molar-refractivity contribution is 5.85. The first-order chi connectivity index (χ1) is 5.59. The molecule has 1 aromatic heterocycles. The third kappa shape index (κ3) is 4.31. The second kappa shape index (κ2) is 6.47. The molecule has 0 aliphatic carbocycles. The molecule has 0 fully saturated rings. The van der Waals surface area contributed by atoms with Crippen molar-refractivity contribution < 1.29 is 9.90 Å². The zero-order chi connectivity index (χ0) is 9.14. The van der Waals surface area contributed by atoms with Crippen molar-refractivity contribution in [3.63, 3.8) is 0 Å². The summed E-state index contributed by atoms with van der Waals surface area (Å²) in [7, 11) is 0. The summed E-state index contributed by atoms with van der Waals surface area (Å²) in [5, 5.41) is 8.46. The molecule has 0 saturated heterocycles. The number of nitrogen functional groups attached to an aromatic ring is 1. The van der Waals surface area contributed by atoms with Gasteiger partial charge in [-0.15, -0.1) is 24.8 Å². The fourth-order valence-corrected chi connectivity index (χ4v) is 0.804. The van der Waals surface area contributed by atoms with Crippen molar-refractivity contribution in [3.8, 4) is 0 Å². The average Bonchev–Trinajstić information content (AvgIpc) is 2.35. The molecular weight excluding hydrogens is 231 g/mol. The molecule has 0 aliphatic rings. The molecule has 6 nitrogen and oxygen atoms in total. The number of carboxylic acids is 1. The molecule has 0 amide bonds. The quantitative estimate of drug-likeness (QED) is 0.585. The van der Waals surface area contributed by atoms with E-state index >= 15 is 0 Å². The Morgan fingerprint density at radius 2 is 2.21 bits per heavy atom. The maximum atomic E-state index is 10.3. The molecule has 0 saturated carbocycles. The first kappa shape index (κ1) is 15.5. The van der Waals surface area contributed by atoms with E-state index in [1.54, 1.807) is 0 Å². The molecule has 1 heterocycles. The number of halogens is 2. The summed E-state index contributed by atoms with van der Waals surface area (Å²) in [4.78, 5) is 16.7. The Labute approximate surface area is 92.9 Å². The topological polar surface area (TPSA) is 118 Å². The van der Waals surface area contributed by atoms with Crippen molar-refractivity contribution in [1.82, 2.24) is 9.97 Å². The molecule has 6 N–H and O–H groups in total. The van der Waals surface area contributed by atoms with Crippen LogP contribution >= 0.6 is 24.8 Å². The minimum absolute atomic E-state index is 0. The first-order valence-corrected chi connectivity index (χ1v) is 3.37. The number of aromatic nitrogens is 2. The number of aliphatic carboxylic acids is 1. The predicted octanol–water partition coefficient (Wildman–Crippen LogP) is -0.210. The van der Waals surface area contributed by atoms with Crippen LogP contribution in [0.1, 0.15) is 5.69 Å². The van der Waals surface area contributed by atoms with Crippen LogP contribution in [0.15, 0.2) is 6.20 Å². The smallest absolute Gasteiger partial charge is 0.320 e. The highest BCUT2D eigenvalue weighted by atomic mass is 35.5. The third-order valence-corrected chi connectivity index (χ3v) is 1.41. The van der Waals surface area contributed by atoms with Gasteiger partial charge < -0.3 is 21.6 Å². The molecule has 1 aromatic rings. The van der Waals surface area contributed by atoms with Crippen LogP contribution in [0.5, 0.6) is 0 Å². The van der Waals surface area contributed by atoms with Gasteiger partial charge in [0, 0.05) is 12.1 Å². The zero-order valence-corrected chi connectivity index (χ0v) is 8.77. The zero-order valence-electron chi connectivity index (χ0n) is 7.14. The van der Waals surface area contributed by atoms with Crippen LogP contribution in [0.3, 0.4) is 0 Å². The maximum absolute atomic E-state index is 10.3. The van der Waals surface area contributed by atoms with E-state index in [1.807, 2.05) is 0 Å². The van der Waals surface area contributed by atoms with E-state index in [0.717, 1.165) is 0 Å². The van der Waals surface area contributed by atoms with E-state index in [4.69, 9.17) is 16.6 Å². The summed E-state index contributed by atoms with van der Waals surface area (Å²) in [6, 6.07) is -0.912. The fourth-order valence-electron chi connectivity index (χ4n) is 0.804. The normalized spacial score (nSPS) is 10.9. The maximum Gasteiger partial charge on any atom is 0.320 e. The molecule has 8 heteroatoms. The van der Waals surface area contributed by atoms with Gasteiger partial charge in [-0.1, -0.05) is 0 Å². The number of carboxylic acid groups (broad SMARTS) is 1. The highest BCUT2D eigenvalue weighted by Crippen LogP contribution is 2.00. The molecule has 1 rings (SSSR count). The number of H-pyrrole nitrogens is 1. The van der Waals surface area contributed by atoms with Crippen LogP contribution in [-0.2, 0) is 11.2 Å². The van der Waals surface area contributed by atoms with Gasteiger partial charge in [0.2, 0.25) is 0 Å². The Morgan fingerprint density at radius 3 is 2.57 bits per heavy atom. The summed E-state index contributed by atoms with van der Waals surface area (Å²) >= 11 is 0. The Hall–Kier alpha value is -0.980. The second-order valence-electron chi connectivity index (χ2n) is 2.44. The average molecular weight is 243 g/mol. The van der Waals surface area contributed by atoms with E-state index in [1.165, 1.54) is 6.20 Å². The lowest BCUT2D eigenvalue weighted by atomic mass is 10.2. The number of nitrogens with zero attached hydrogens (tertiary/aromatic N) is 1. The largest absolute Gasteiger partial charge is 0.480 e. The van der Waals surface area contributed by atoms with Crippen LogP contribution in [0, 0.1) is 0 Å². The van der Waals surface area contributed by atoms with Crippen LogP contribution in [-0.4, -0.2) is 27.1 Å². The Kier molecular flexibility index (Phi) is 7.16. The summed E-state index contributed by atoms with van der Waals surface area (Å²) in [6.45, 7) is 0. The number of anilines is 1. The number of imidazole rings is 1. The summed E-state index contributed by atoms with van der Waals surface area (Å²) in [6.07, 6.45) is 1.68. The van der Waals surface area contributed by atoms with Gasteiger partial charge in [-0.05, 0) is 0 Å². The van der Waals surface area contributed by atoms with E-state index in [-0.39, 0.29) is 37.2 Å². The van der Waals surface area contributed by atoms with Crippen molar-refractivity contribution in [2.45, 2.75) is 12.5 Å². The van der Waals surface area contributed by atoms with E-state index in [9.17, 15) is 4.79 Å². The number of nitrogens with two attached hydrogens (primary N) is 2. The molecule has 0 spiro atoms. The lowest BCUT2D eigenvalue weighted by Gasteiger charge is -2.02. The number of nitrogens with one attached hydrogen (secondary N) is 1. The van der Waals surface area contributed by atoms with Gasteiger partial charge >= 0.3 is 5.97 Å². The van der Waals surface area contributed by atoms with Gasteiger partial charge in [0.25, 0.3) is 0 Å². The van der Waals surface area contributed by atoms with Gasteiger partial charge in [-0.25, -0.2) is 4.98 Å². The van der Waals surface area contributed by atoms with Crippen molar-refractivity contribution in [2.24, 2.45) is 5.73 Å². The number of carbonyl (C=O) groups is 1. The van der Waals surface area contributed by atoms with Crippen molar-refractivity contribution in [1.29, 1.82) is 0 Å². The lowest BCUT2D eigenvalue weighted by molar-refractivity contribution is -0.138. The van der Waals surface area contributed by atoms with Crippen molar-refractivity contribution in [3.05, 3.63) is 11.9 Å². The highest BCUT2D eigenvalue weighted by Gasteiger charge is 2.12. The third-order valence-electron chi connectivity index (χ3n) is 1.41. The Bertz CT molecular complexity index is 291. The number of hydrogen-bond donors (Lipinski definition) is 4. The van der Waals surface area contributed by atoms with E-state index in [2.05, 4.69) is 9.97 Å². The second-order valence-corrected chi connectivity index (χ2v) is 2.44. The van der Waals surface area contributed by atoms with Crippen LogP contribution < -0.4 is 11.5 Å². The van der Waals surface area contributed by atoms with Gasteiger partial charge in [0.1, 0.15) is 6.04 Å². The van der Waals surface area contributed by atoms with Crippen molar-refractivity contribution >= 4 is 36.7 Å². The number of aromatic amines is 1. The summed E-state index contributed by atoms with van der Waals surface area (Å²) in [5.74, 6) is -0.772. The minimum Gasteiger partial charge on any atom is -0.480 e. The van der Waals surface area contributed by atoms with E-state index < -0.39 is 12.0 Å². The fraction of sp³-hybridized carbons (Fsp3) is 0.333. The van der Waals surface area contributed by atoms with Gasteiger partial charge in [-0.3, -0.25) is 4.79 Å². The molecule has 0 bridgehead atoms. The molecule has 0 aromatic carbocycles. The number of rotatable bonds is 3. The molecule has 14 heavy (non-hydrogen) atoms. The van der Waals surface area contributed by atoms with E-state index in [0.29, 0.717) is 5.69 Å². The molecule has 82 valence electrons. The van der Waals surface area contributed by atoms with Gasteiger partial charge in [0.15, 0.2) is 5.95 Å². The van der Waals surface area contributed by atoms with Crippen LogP contribution in [0.25, 0.3) is 0 Å². The van der Waals surface area contributed by atoms with Crippen molar-refractivity contribution in [2.75, 3.05) is 5.73 Å². The molecular formula is C6H12Cl2N4O2. The Balaban J connectivity index is 0. The molecule has 0 unspecified atom stereocenters. The predicted molar refractivity (Wildman–Crippen MR) is 56.8 cm³/mol. The lowest BCUT2D eigenvalue weighted by Crippen LogP contribution is -2.32. The van der Waals surface area contributed by atoms with Gasteiger partial charge in [-0.2, -0.15) is 0 Å². The van der Waals surface area contributed by atoms with Crippen LogP contribution in [0.2, 0.25) is 0 Å². The summed E-state index contributed by atoms with van der Waals surface area (Å²) < 4.78 is 0. The van der Waals surface area contributed by atoms with Gasteiger partial charge in [0.05, 0.1) is 6.20 Å². The Morgan fingerprint density at radius 1 is 1.64 bits per heavy atom. The molecule has 0 aliphatic heterocycles. The molecule has 1 atom stereocenters. The first-order valence-electron chi connectivity index (χ1n) is 3.37. The monoisotopic (exact) mass is 242 g/mol.